The smallest absolute Gasteiger partial charge is 0.139 e. The van der Waals surface area contributed by atoms with E-state index in [1.54, 1.807) is 0 Å². The fourth-order valence-corrected chi connectivity index (χ4v) is 4.52. The second kappa shape index (κ2) is 10.7. The molecule has 6 heteroatoms. The van der Waals surface area contributed by atoms with Crippen LogP contribution in [0.25, 0.3) is 0 Å². The Bertz CT molecular complexity index is 536. The molecule has 0 amide bonds. The first-order chi connectivity index (χ1) is 11.7. The zero-order valence-corrected chi connectivity index (χ0v) is 17.4. The molecule has 0 saturated heterocycles. The van der Waals surface area contributed by atoms with Crippen LogP contribution >= 0.6 is 26.9 Å². The Labute approximate surface area is 151 Å². The highest BCUT2D eigenvalue weighted by atomic mass is 32.0. The van der Waals surface area contributed by atoms with E-state index in [0.29, 0.717) is 20.7 Å². The van der Waals surface area contributed by atoms with Gasteiger partial charge >= 0.3 is 0 Å². The molecule has 1 saturated carbocycles. The van der Waals surface area contributed by atoms with Crippen molar-refractivity contribution in [2.45, 2.75) is 44.8 Å². The lowest BCUT2D eigenvalue weighted by molar-refractivity contribution is -0.121. The molecule has 1 aliphatic carbocycles. The Balaban J connectivity index is 1.99. The first-order valence-electron chi connectivity index (χ1n) is 8.41. The van der Waals surface area contributed by atoms with Crippen molar-refractivity contribution in [1.29, 1.82) is 0 Å². The SMILES string of the molecule is CC[C@H]1C(=O)C[C@@H](OP)[C@@H]1/C=C/[C@H](CCc1ccccc1)OPP. The van der Waals surface area contributed by atoms with Crippen LogP contribution in [0.15, 0.2) is 42.5 Å². The Morgan fingerprint density at radius 2 is 2.12 bits per heavy atom. The molecule has 7 atom stereocenters. The second-order valence-corrected chi connectivity index (χ2v) is 7.57. The van der Waals surface area contributed by atoms with Crippen LogP contribution in [0.3, 0.4) is 0 Å². The molecule has 1 aromatic carbocycles. The molecular formula is C18H27O3P3. The lowest BCUT2D eigenvalue weighted by Crippen LogP contribution is -2.19. The van der Waals surface area contributed by atoms with Crippen LogP contribution in [0.5, 0.6) is 0 Å². The fraction of sp³-hybridized carbons (Fsp3) is 0.500. The molecule has 1 fully saturated rings. The molecule has 1 aromatic rings. The third-order valence-corrected chi connectivity index (χ3v) is 5.85. The van der Waals surface area contributed by atoms with Gasteiger partial charge in [0.2, 0.25) is 0 Å². The number of hydrogen-bond acceptors (Lipinski definition) is 3. The van der Waals surface area contributed by atoms with Crippen molar-refractivity contribution in [3.05, 3.63) is 48.0 Å². The molecule has 0 radical (unpaired) electrons. The maximum Gasteiger partial charge on any atom is 0.139 e. The summed E-state index contributed by atoms with van der Waals surface area (Å²) in [5.74, 6) is 0.532. The van der Waals surface area contributed by atoms with Gasteiger partial charge in [-0.05, 0) is 24.8 Å². The molecule has 3 nitrogen and oxygen atoms in total. The Kier molecular flexibility index (Phi) is 9.02. The second-order valence-electron chi connectivity index (χ2n) is 6.12. The molecular weight excluding hydrogens is 357 g/mol. The molecule has 2 rings (SSSR count). The van der Waals surface area contributed by atoms with Crippen LogP contribution in [-0.4, -0.2) is 18.0 Å². The summed E-state index contributed by atoms with van der Waals surface area (Å²) in [6.45, 7) is 2.07. The zero-order chi connectivity index (χ0) is 17.4. The molecule has 0 heterocycles. The maximum atomic E-state index is 12.1. The summed E-state index contributed by atoms with van der Waals surface area (Å²) in [4.78, 5) is 12.1. The van der Waals surface area contributed by atoms with Gasteiger partial charge in [-0.1, -0.05) is 58.3 Å². The zero-order valence-electron chi connectivity index (χ0n) is 14.1. The van der Waals surface area contributed by atoms with E-state index in [1.165, 1.54) is 5.56 Å². The Morgan fingerprint density at radius 3 is 2.75 bits per heavy atom. The van der Waals surface area contributed by atoms with Crippen molar-refractivity contribution in [2.24, 2.45) is 11.8 Å². The monoisotopic (exact) mass is 384 g/mol. The van der Waals surface area contributed by atoms with Gasteiger partial charge in [0, 0.05) is 36.2 Å². The van der Waals surface area contributed by atoms with Gasteiger partial charge in [-0.15, -0.1) is 0 Å². The molecule has 0 aliphatic heterocycles. The molecule has 24 heavy (non-hydrogen) atoms. The number of carbonyl (C=O) groups excluding carboxylic acids is 1. The quantitative estimate of drug-likeness (QED) is 0.456. The van der Waals surface area contributed by atoms with Gasteiger partial charge in [0.1, 0.15) is 5.78 Å². The summed E-state index contributed by atoms with van der Waals surface area (Å²) in [6, 6.07) is 10.5. The third-order valence-electron chi connectivity index (χ3n) is 4.65. The van der Waals surface area contributed by atoms with Crippen LogP contribution in [0.2, 0.25) is 0 Å². The summed E-state index contributed by atoms with van der Waals surface area (Å²) in [5.41, 5.74) is 1.32. The van der Waals surface area contributed by atoms with E-state index in [1.807, 2.05) is 6.07 Å². The summed E-state index contributed by atoms with van der Waals surface area (Å²) in [5, 5.41) is 0. The number of rotatable bonds is 9. The largest absolute Gasteiger partial charge is 0.361 e. The topological polar surface area (TPSA) is 35.5 Å². The van der Waals surface area contributed by atoms with Crippen LogP contribution in [-0.2, 0) is 20.3 Å². The highest BCUT2D eigenvalue weighted by Crippen LogP contribution is 2.36. The predicted molar refractivity (Wildman–Crippen MR) is 108 cm³/mol. The van der Waals surface area contributed by atoms with Crippen LogP contribution in [0.4, 0.5) is 0 Å². The van der Waals surface area contributed by atoms with Gasteiger partial charge in [-0.3, -0.25) is 4.79 Å². The molecule has 0 aromatic heterocycles. The average molecular weight is 384 g/mol. The van der Waals surface area contributed by atoms with Crippen LogP contribution in [0.1, 0.15) is 31.7 Å². The van der Waals surface area contributed by atoms with Crippen molar-refractivity contribution >= 4 is 32.7 Å². The number of hydrogen-bond donors (Lipinski definition) is 0. The van der Waals surface area contributed by atoms with E-state index in [2.05, 4.69) is 61.7 Å². The summed E-state index contributed by atoms with van der Waals surface area (Å²) >= 11 is 0. The molecule has 0 bridgehead atoms. The number of benzene rings is 1. The van der Waals surface area contributed by atoms with E-state index < -0.39 is 0 Å². The number of ketones is 1. The fourth-order valence-electron chi connectivity index (χ4n) is 3.34. The standard InChI is InChI=1S/C18H27O3P3/c1-2-15-16(18(20-22)12-17(15)19)11-10-14(21-24-23)9-8-13-6-4-3-5-7-13/h3-7,10-11,14-16,18,24H,2,8-9,12,22-23H2,1H3/b11-10+/t14-,15+,16+,18+/m0/s1. The summed E-state index contributed by atoms with van der Waals surface area (Å²) in [7, 11) is 5.32. The van der Waals surface area contributed by atoms with E-state index in [4.69, 9.17) is 9.05 Å². The first kappa shape index (κ1) is 20.2. The molecule has 0 N–H and O–H groups in total. The van der Waals surface area contributed by atoms with Gasteiger partial charge in [0.15, 0.2) is 0 Å². The van der Waals surface area contributed by atoms with E-state index >= 15 is 0 Å². The highest BCUT2D eigenvalue weighted by molar-refractivity contribution is 8.00. The van der Waals surface area contributed by atoms with Crippen molar-refractivity contribution in [3.8, 4) is 0 Å². The van der Waals surface area contributed by atoms with Crippen molar-refractivity contribution in [3.63, 3.8) is 0 Å². The molecule has 3 unspecified atom stereocenters. The normalized spacial score (nSPS) is 26.0. The summed E-state index contributed by atoms with van der Waals surface area (Å²) < 4.78 is 11.3. The lowest BCUT2D eigenvalue weighted by Gasteiger charge is -2.20. The van der Waals surface area contributed by atoms with Gasteiger partial charge in [-0.25, -0.2) is 0 Å². The number of aryl methyl sites for hydroxylation is 1. The molecule has 0 spiro atoms. The van der Waals surface area contributed by atoms with Gasteiger partial charge < -0.3 is 9.05 Å². The van der Waals surface area contributed by atoms with Crippen molar-refractivity contribution in [1.82, 2.24) is 0 Å². The summed E-state index contributed by atoms with van der Waals surface area (Å²) in [6.07, 6.45) is 7.60. The average Bonchev–Trinajstić information content (AvgIpc) is 2.93. The van der Waals surface area contributed by atoms with Crippen molar-refractivity contribution in [2.75, 3.05) is 0 Å². The van der Waals surface area contributed by atoms with Gasteiger partial charge in [0.25, 0.3) is 0 Å². The minimum absolute atomic E-state index is 0.0306. The van der Waals surface area contributed by atoms with Crippen LogP contribution in [0, 0.1) is 11.8 Å². The minimum Gasteiger partial charge on any atom is -0.361 e. The number of Topliss-reactive ketones (excluding diaryl/α,β-unsaturated/α-hetero) is 1. The minimum atomic E-state index is -0.0306. The number of carbonyl (C=O) groups is 1. The van der Waals surface area contributed by atoms with Crippen LogP contribution < -0.4 is 0 Å². The Morgan fingerprint density at radius 1 is 1.38 bits per heavy atom. The van der Waals surface area contributed by atoms with E-state index in [9.17, 15) is 4.79 Å². The first-order valence-corrected chi connectivity index (χ1v) is 11.6. The van der Waals surface area contributed by atoms with Crippen molar-refractivity contribution < 1.29 is 13.8 Å². The van der Waals surface area contributed by atoms with E-state index in [0.717, 1.165) is 19.3 Å². The lowest BCUT2D eigenvalue weighted by atomic mass is 9.91. The Hall–Kier alpha value is -0.160. The maximum absolute atomic E-state index is 12.1. The van der Waals surface area contributed by atoms with Gasteiger partial charge in [0.05, 0.1) is 12.2 Å². The molecule has 1 aliphatic rings. The van der Waals surface area contributed by atoms with Gasteiger partial charge in [-0.2, -0.15) is 0 Å². The predicted octanol–water partition coefficient (Wildman–Crippen LogP) is 4.73. The molecule has 132 valence electrons. The third kappa shape index (κ3) is 5.69. The van der Waals surface area contributed by atoms with E-state index in [-0.39, 0.29) is 24.0 Å². The highest BCUT2D eigenvalue weighted by Gasteiger charge is 2.40.